The summed E-state index contributed by atoms with van der Waals surface area (Å²) in [5.74, 6) is -1.84. The molecular formula is C26H27N3O8S2. The first kappa shape index (κ1) is 28.0. The van der Waals surface area contributed by atoms with Crippen molar-refractivity contribution in [1.29, 1.82) is 0 Å². The second kappa shape index (κ2) is 11.0. The number of nitrogens with zero attached hydrogens (tertiary/aromatic N) is 3. The normalized spacial score (nSPS) is 15.1. The first-order valence-corrected chi connectivity index (χ1v) is 13.4. The number of thiazole rings is 2. The number of aliphatic hydroxyl groups is 1. The molecule has 39 heavy (non-hydrogen) atoms. The molecule has 1 amide bonds. The first-order chi connectivity index (χ1) is 18.6. The molecule has 4 rings (SSSR count). The summed E-state index contributed by atoms with van der Waals surface area (Å²) in [6, 6.07) is 2.05. The molecule has 11 nitrogen and oxygen atoms in total. The highest BCUT2D eigenvalue weighted by atomic mass is 32.1. The van der Waals surface area contributed by atoms with Crippen LogP contribution in [0.25, 0.3) is 0 Å². The quantitative estimate of drug-likeness (QED) is 0.287. The van der Waals surface area contributed by atoms with Gasteiger partial charge in [0, 0.05) is 0 Å². The highest BCUT2D eigenvalue weighted by molar-refractivity contribution is 7.17. The fourth-order valence-corrected chi connectivity index (χ4v) is 6.21. The number of Topliss-reactive ketones (excluding diaryl/α,β-unsaturated/α-hetero) is 1. The van der Waals surface area contributed by atoms with Gasteiger partial charge >= 0.3 is 5.97 Å². The fraction of sp³-hybridized carbons (Fsp3) is 0.346. The molecule has 1 aliphatic heterocycles. The lowest BCUT2D eigenvalue weighted by molar-refractivity contribution is -0.117. The van der Waals surface area contributed by atoms with Gasteiger partial charge < -0.3 is 24.1 Å². The van der Waals surface area contributed by atoms with Crippen LogP contribution in [-0.4, -0.2) is 60.7 Å². The van der Waals surface area contributed by atoms with E-state index in [4.69, 9.17) is 18.9 Å². The van der Waals surface area contributed by atoms with Gasteiger partial charge in [-0.1, -0.05) is 11.3 Å². The zero-order valence-corrected chi connectivity index (χ0v) is 24.0. The maximum Gasteiger partial charge on any atom is 0.350 e. The maximum absolute atomic E-state index is 13.9. The Morgan fingerprint density at radius 1 is 0.974 bits per heavy atom. The van der Waals surface area contributed by atoms with E-state index in [1.165, 1.54) is 26.2 Å². The molecule has 0 radical (unpaired) electrons. The number of benzene rings is 1. The van der Waals surface area contributed by atoms with Gasteiger partial charge in [-0.05, 0) is 45.4 Å². The number of ketones is 1. The van der Waals surface area contributed by atoms with Gasteiger partial charge in [-0.15, -0.1) is 11.3 Å². The number of aromatic nitrogens is 2. The molecule has 0 saturated carbocycles. The highest BCUT2D eigenvalue weighted by Crippen LogP contribution is 2.48. The number of rotatable bonds is 9. The minimum absolute atomic E-state index is 0.103. The van der Waals surface area contributed by atoms with E-state index in [0.29, 0.717) is 32.6 Å². The van der Waals surface area contributed by atoms with Crippen LogP contribution in [0.3, 0.4) is 0 Å². The fourth-order valence-electron chi connectivity index (χ4n) is 4.34. The van der Waals surface area contributed by atoms with Crippen LogP contribution >= 0.6 is 22.7 Å². The Morgan fingerprint density at radius 3 is 2.10 bits per heavy atom. The number of hydrogen-bond acceptors (Lipinski definition) is 12. The van der Waals surface area contributed by atoms with Crippen molar-refractivity contribution in [3.63, 3.8) is 0 Å². The Morgan fingerprint density at radius 2 is 1.59 bits per heavy atom. The Kier molecular flexibility index (Phi) is 7.93. The molecule has 0 bridgehead atoms. The van der Waals surface area contributed by atoms with Gasteiger partial charge in [-0.2, -0.15) is 0 Å². The summed E-state index contributed by atoms with van der Waals surface area (Å²) in [4.78, 5) is 50.4. The number of amides is 1. The summed E-state index contributed by atoms with van der Waals surface area (Å²) >= 11 is 2.09. The molecule has 1 N–H and O–H groups in total. The number of methoxy groups -OCH3 is 3. The number of aryl methyl sites for hydroxylation is 3. The van der Waals surface area contributed by atoms with Crippen LogP contribution < -0.4 is 19.1 Å². The number of hydrogen-bond donors (Lipinski definition) is 1. The lowest BCUT2D eigenvalue weighted by atomic mass is 9.94. The van der Waals surface area contributed by atoms with Crippen LogP contribution in [-0.2, 0) is 9.53 Å². The number of anilines is 1. The minimum atomic E-state index is -1.14. The Balaban J connectivity index is 1.96. The summed E-state index contributed by atoms with van der Waals surface area (Å²) in [5, 5.41) is 11.9. The van der Waals surface area contributed by atoms with Crippen LogP contribution in [0.15, 0.2) is 23.5 Å². The van der Waals surface area contributed by atoms with Crippen molar-refractivity contribution in [3.05, 3.63) is 55.2 Å². The molecule has 1 atom stereocenters. The molecule has 1 aromatic carbocycles. The van der Waals surface area contributed by atoms with E-state index in [1.54, 1.807) is 39.8 Å². The Bertz CT molecular complexity index is 1480. The number of ether oxygens (including phenoxy) is 4. The van der Waals surface area contributed by atoms with Gasteiger partial charge in [0.25, 0.3) is 5.91 Å². The number of esters is 1. The Hall–Kier alpha value is -3.97. The van der Waals surface area contributed by atoms with E-state index in [2.05, 4.69) is 9.97 Å². The van der Waals surface area contributed by atoms with Crippen molar-refractivity contribution in [2.24, 2.45) is 0 Å². The van der Waals surface area contributed by atoms with E-state index in [-0.39, 0.29) is 33.7 Å². The molecule has 13 heteroatoms. The third kappa shape index (κ3) is 4.83. The lowest BCUT2D eigenvalue weighted by Gasteiger charge is -2.25. The van der Waals surface area contributed by atoms with Crippen molar-refractivity contribution in [2.75, 3.05) is 32.8 Å². The third-order valence-electron chi connectivity index (χ3n) is 6.02. The predicted molar refractivity (Wildman–Crippen MR) is 145 cm³/mol. The van der Waals surface area contributed by atoms with Gasteiger partial charge in [-0.3, -0.25) is 14.5 Å². The molecule has 3 aromatic rings. The van der Waals surface area contributed by atoms with E-state index in [9.17, 15) is 19.5 Å². The van der Waals surface area contributed by atoms with Gasteiger partial charge in [0.05, 0.1) is 60.8 Å². The Labute approximate surface area is 232 Å². The molecule has 206 valence electrons. The van der Waals surface area contributed by atoms with E-state index >= 15 is 0 Å². The molecule has 0 fully saturated rings. The molecule has 3 heterocycles. The zero-order chi connectivity index (χ0) is 28.6. The summed E-state index contributed by atoms with van der Waals surface area (Å²) in [5.41, 5.74) is 1.05. The standard InChI is InChI=1S/C26H27N3O8S2/c1-8-37-25(33)23-12(3)28-26(39-23)29-18(14-9-15(34-5)21(36-7)16(10-14)35-6)17(20(31)24(29)32)19(30)22-11(2)27-13(4)38-22/h9-10,18,31H,8H2,1-7H3. The van der Waals surface area contributed by atoms with E-state index < -0.39 is 29.5 Å². The second-order valence-corrected chi connectivity index (χ2v) is 10.6. The minimum Gasteiger partial charge on any atom is -0.503 e. The van der Waals surface area contributed by atoms with Crippen LogP contribution in [0.2, 0.25) is 0 Å². The van der Waals surface area contributed by atoms with Crippen LogP contribution in [0, 0.1) is 20.8 Å². The van der Waals surface area contributed by atoms with E-state index in [1.807, 2.05) is 0 Å². The molecular weight excluding hydrogens is 546 g/mol. The highest BCUT2D eigenvalue weighted by Gasteiger charge is 2.47. The average Bonchev–Trinajstić information content (AvgIpc) is 3.54. The SMILES string of the molecule is CCOC(=O)c1sc(N2C(=O)C(O)=C(C(=O)c3sc(C)nc3C)C2c2cc(OC)c(OC)c(OC)c2)nc1C. The predicted octanol–water partition coefficient (Wildman–Crippen LogP) is 4.51. The van der Waals surface area contributed by atoms with Gasteiger partial charge in [0.2, 0.25) is 11.5 Å². The molecule has 0 spiro atoms. The summed E-state index contributed by atoms with van der Waals surface area (Å²) in [6.07, 6.45) is 0. The van der Waals surface area contributed by atoms with Crippen molar-refractivity contribution in [2.45, 2.75) is 33.7 Å². The largest absolute Gasteiger partial charge is 0.503 e. The van der Waals surface area contributed by atoms with Crippen LogP contribution in [0.1, 0.15) is 54.3 Å². The number of carbonyl (C=O) groups excluding carboxylic acids is 3. The van der Waals surface area contributed by atoms with Gasteiger partial charge in [0.1, 0.15) is 4.88 Å². The first-order valence-electron chi connectivity index (χ1n) is 11.8. The maximum atomic E-state index is 13.9. The van der Waals surface area contributed by atoms with Crippen molar-refractivity contribution in [3.8, 4) is 17.2 Å². The molecule has 2 aromatic heterocycles. The third-order valence-corrected chi connectivity index (χ3v) is 8.23. The van der Waals surface area contributed by atoms with Crippen LogP contribution in [0.4, 0.5) is 5.13 Å². The van der Waals surface area contributed by atoms with Gasteiger partial charge in [-0.25, -0.2) is 14.8 Å². The molecule has 0 aliphatic carbocycles. The summed E-state index contributed by atoms with van der Waals surface area (Å²) in [6.45, 7) is 6.91. The second-order valence-electron chi connectivity index (χ2n) is 8.41. The average molecular weight is 574 g/mol. The van der Waals surface area contributed by atoms with Crippen molar-refractivity contribution < 1.29 is 38.4 Å². The smallest absolute Gasteiger partial charge is 0.350 e. The molecule has 1 unspecified atom stereocenters. The van der Waals surface area contributed by atoms with Crippen molar-refractivity contribution >= 4 is 45.5 Å². The van der Waals surface area contributed by atoms with E-state index in [0.717, 1.165) is 22.7 Å². The lowest BCUT2D eigenvalue weighted by Crippen LogP contribution is -2.31. The van der Waals surface area contributed by atoms with Crippen molar-refractivity contribution in [1.82, 2.24) is 9.97 Å². The van der Waals surface area contributed by atoms with Crippen LogP contribution in [0.5, 0.6) is 17.2 Å². The monoisotopic (exact) mass is 573 g/mol. The number of aliphatic hydroxyl groups excluding tert-OH is 1. The molecule has 0 saturated heterocycles. The number of carbonyl (C=O) groups is 3. The zero-order valence-electron chi connectivity index (χ0n) is 22.4. The summed E-state index contributed by atoms with van der Waals surface area (Å²) < 4.78 is 21.6. The molecule has 1 aliphatic rings. The summed E-state index contributed by atoms with van der Waals surface area (Å²) in [7, 11) is 4.34. The topological polar surface area (TPSA) is 137 Å². The van der Waals surface area contributed by atoms with Gasteiger partial charge in [0.15, 0.2) is 22.4 Å².